The normalized spacial score (nSPS) is 30.9. The summed E-state index contributed by atoms with van der Waals surface area (Å²) in [4.78, 5) is 16.9. The van der Waals surface area contributed by atoms with Gasteiger partial charge in [0.2, 0.25) is 5.91 Å². The number of rotatable bonds is 3. The maximum Gasteiger partial charge on any atom is 0.239 e. The summed E-state index contributed by atoms with van der Waals surface area (Å²) in [7, 11) is 0. The van der Waals surface area contributed by atoms with Crippen LogP contribution in [0, 0.1) is 0 Å². The molecule has 2 aliphatic heterocycles. The van der Waals surface area contributed by atoms with Crippen LogP contribution in [0.5, 0.6) is 0 Å². The lowest BCUT2D eigenvalue weighted by molar-refractivity contribution is -0.144. The van der Waals surface area contributed by atoms with Crippen LogP contribution in [-0.4, -0.2) is 71.8 Å². The van der Waals surface area contributed by atoms with Crippen LogP contribution in [0.15, 0.2) is 0 Å². The van der Waals surface area contributed by atoms with Crippen molar-refractivity contribution in [2.45, 2.75) is 57.7 Å². The molecular formula is C15H28N2O3. The highest BCUT2D eigenvalue weighted by Crippen LogP contribution is 2.18. The van der Waals surface area contributed by atoms with E-state index in [-0.39, 0.29) is 30.7 Å². The van der Waals surface area contributed by atoms with Gasteiger partial charge in [-0.05, 0) is 26.7 Å². The summed E-state index contributed by atoms with van der Waals surface area (Å²) >= 11 is 0. The van der Waals surface area contributed by atoms with Gasteiger partial charge >= 0.3 is 0 Å². The zero-order chi connectivity index (χ0) is 14.5. The van der Waals surface area contributed by atoms with Crippen LogP contribution < -0.4 is 0 Å². The standard InChI is InChI=1S/C15H28N2O3/c1-12-11-20-14(10-18)9-17(12)13(2)15(19)16-7-5-3-4-6-8-16/h12-14,18H,3-11H2,1-2H3. The summed E-state index contributed by atoms with van der Waals surface area (Å²) in [5, 5.41) is 9.25. The van der Waals surface area contributed by atoms with Crippen LogP contribution in [0.4, 0.5) is 0 Å². The molecule has 2 heterocycles. The Balaban J connectivity index is 1.97. The second-order valence-corrected chi connectivity index (χ2v) is 6.10. The van der Waals surface area contributed by atoms with E-state index >= 15 is 0 Å². The van der Waals surface area contributed by atoms with E-state index < -0.39 is 0 Å². The summed E-state index contributed by atoms with van der Waals surface area (Å²) < 4.78 is 5.55. The van der Waals surface area contributed by atoms with Gasteiger partial charge in [0.25, 0.3) is 0 Å². The molecule has 0 aromatic carbocycles. The molecule has 3 unspecified atom stereocenters. The monoisotopic (exact) mass is 284 g/mol. The number of ether oxygens (including phenoxy) is 1. The van der Waals surface area contributed by atoms with Crippen LogP contribution >= 0.6 is 0 Å². The summed E-state index contributed by atoms with van der Waals surface area (Å²) in [6.07, 6.45) is 4.55. The molecule has 0 aromatic heterocycles. The fourth-order valence-electron chi connectivity index (χ4n) is 3.19. The Labute approximate surface area is 121 Å². The molecule has 0 aromatic rings. The van der Waals surface area contributed by atoms with Gasteiger partial charge in [0.05, 0.1) is 25.4 Å². The molecule has 0 spiro atoms. The molecule has 5 nitrogen and oxygen atoms in total. The van der Waals surface area contributed by atoms with Gasteiger partial charge in [0.15, 0.2) is 0 Å². The molecule has 0 bridgehead atoms. The number of hydrogen-bond acceptors (Lipinski definition) is 4. The van der Waals surface area contributed by atoms with E-state index in [4.69, 9.17) is 4.74 Å². The number of morpholine rings is 1. The molecule has 116 valence electrons. The first kappa shape index (κ1) is 15.7. The lowest BCUT2D eigenvalue weighted by atomic mass is 10.1. The molecule has 0 saturated carbocycles. The molecule has 0 aliphatic carbocycles. The maximum absolute atomic E-state index is 12.7. The van der Waals surface area contributed by atoms with Crippen molar-refractivity contribution < 1.29 is 14.6 Å². The SMILES string of the molecule is CC1COC(CO)CN1C(C)C(=O)N1CCCCCC1. The summed E-state index contributed by atoms with van der Waals surface area (Å²) in [6, 6.07) is 0.102. The first-order chi connectivity index (χ1) is 9.63. The third-order valence-electron chi connectivity index (χ3n) is 4.53. The highest BCUT2D eigenvalue weighted by Gasteiger charge is 2.34. The van der Waals surface area contributed by atoms with Crippen molar-refractivity contribution in [3.63, 3.8) is 0 Å². The summed E-state index contributed by atoms with van der Waals surface area (Å²) in [5.41, 5.74) is 0. The van der Waals surface area contributed by atoms with E-state index in [9.17, 15) is 9.90 Å². The van der Waals surface area contributed by atoms with Gasteiger partial charge in [-0.1, -0.05) is 12.8 Å². The van der Waals surface area contributed by atoms with Gasteiger partial charge in [0.1, 0.15) is 0 Å². The number of aliphatic hydroxyl groups is 1. The Morgan fingerprint density at radius 2 is 1.95 bits per heavy atom. The average Bonchev–Trinajstić information content (AvgIpc) is 2.75. The molecule has 5 heteroatoms. The maximum atomic E-state index is 12.7. The lowest BCUT2D eigenvalue weighted by Crippen LogP contribution is -2.57. The van der Waals surface area contributed by atoms with Gasteiger partial charge in [0, 0.05) is 25.7 Å². The van der Waals surface area contributed by atoms with E-state index in [2.05, 4.69) is 11.8 Å². The second-order valence-electron chi connectivity index (χ2n) is 6.10. The number of carbonyl (C=O) groups excluding carboxylic acids is 1. The first-order valence-electron chi connectivity index (χ1n) is 7.90. The van der Waals surface area contributed by atoms with Gasteiger partial charge in [-0.15, -0.1) is 0 Å². The molecule has 2 aliphatic rings. The van der Waals surface area contributed by atoms with Gasteiger partial charge in [-0.3, -0.25) is 9.69 Å². The Bertz CT molecular complexity index is 316. The Kier molecular flexibility index (Phi) is 5.81. The van der Waals surface area contributed by atoms with Crippen molar-refractivity contribution in [3.05, 3.63) is 0 Å². The molecule has 1 amide bonds. The quantitative estimate of drug-likeness (QED) is 0.835. The molecule has 2 saturated heterocycles. The van der Waals surface area contributed by atoms with Gasteiger partial charge in [-0.2, -0.15) is 0 Å². The predicted molar refractivity (Wildman–Crippen MR) is 77.5 cm³/mol. The molecule has 3 atom stereocenters. The minimum absolute atomic E-state index is 0.0217. The highest BCUT2D eigenvalue weighted by molar-refractivity contribution is 5.81. The van der Waals surface area contributed by atoms with Crippen molar-refractivity contribution >= 4 is 5.91 Å². The topological polar surface area (TPSA) is 53.0 Å². The molecule has 2 fully saturated rings. The molecule has 2 rings (SSSR count). The zero-order valence-corrected chi connectivity index (χ0v) is 12.8. The number of likely N-dealkylation sites (tertiary alicyclic amines) is 1. The Morgan fingerprint density at radius 3 is 2.55 bits per heavy atom. The first-order valence-corrected chi connectivity index (χ1v) is 7.90. The van der Waals surface area contributed by atoms with Crippen molar-refractivity contribution in [1.82, 2.24) is 9.80 Å². The third-order valence-corrected chi connectivity index (χ3v) is 4.53. The molecule has 0 radical (unpaired) electrons. The van der Waals surface area contributed by atoms with Gasteiger partial charge < -0.3 is 14.7 Å². The average molecular weight is 284 g/mol. The van der Waals surface area contributed by atoms with Crippen LogP contribution in [0.1, 0.15) is 39.5 Å². The van der Waals surface area contributed by atoms with Crippen molar-refractivity contribution in [2.75, 3.05) is 32.8 Å². The van der Waals surface area contributed by atoms with E-state index in [1.807, 2.05) is 11.8 Å². The zero-order valence-electron chi connectivity index (χ0n) is 12.8. The largest absolute Gasteiger partial charge is 0.394 e. The van der Waals surface area contributed by atoms with E-state index in [0.717, 1.165) is 25.9 Å². The fraction of sp³-hybridized carbons (Fsp3) is 0.933. The lowest BCUT2D eigenvalue weighted by Gasteiger charge is -2.41. The van der Waals surface area contributed by atoms with Crippen LogP contribution in [0.2, 0.25) is 0 Å². The van der Waals surface area contributed by atoms with Crippen LogP contribution in [-0.2, 0) is 9.53 Å². The third kappa shape index (κ3) is 3.71. The summed E-state index contributed by atoms with van der Waals surface area (Å²) in [5.74, 6) is 0.234. The van der Waals surface area contributed by atoms with Crippen molar-refractivity contribution in [2.24, 2.45) is 0 Å². The Hall–Kier alpha value is -0.650. The van der Waals surface area contributed by atoms with E-state index in [1.54, 1.807) is 0 Å². The van der Waals surface area contributed by atoms with Crippen molar-refractivity contribution in [3.8, 4) is 0 Å². The number of amides is 1. The number of aliphatic hydroxyl groups excluding tert-OH is 1. The minimum atomic E-state index is -0.161. The van der Waals surface area contributed by atoms with E-state index in [0.29, 0.717) is 13.2 Å². The van der Waals surface area contributed by atoms with E-state index in [1.165, 1.54) is 12.8 Å². The van der Waals surface area contributed by atoms with Gasteiger partial charge in [-0.25, -0.2) is 0 Å². The van der Waals surface area contributed by atoms with Crippen LogP contribution in [0.3, 0.4) is 0 Å². The predicted octanol–water partition coefficient (Wildman–Crippen LogP) is 0.859. The molecule has 20 heavy (non-hydrogen) atoms. The number of hydrogen-bond donors (Lipinski definition) is 1. The number of nitrogens with zero attached hydrogens (tertiary/aromatic N) is 2. The molecular weight excluding hydrogens is 256 g/mol. The summed E-state index contributed by atoms with van der Waals surface area (Å²) in [6.45, 7) is 7.11. The minimum Gasteiger partial charge on any atom is -0.394 e. The van der Waals surface area contributed by atoms with Crippen molar-refractivity contribution in [1.29, 1.82) is 0 Å². The Morgan fingerprint density at radius 1 is 1.30 bits per heavy atom. The molecule has 1 N–H and O–H groups in total. The van der Waals surface area contributed by atoms with Crippen LogP contribution in [0.25, 0.3) is 0 Å². The second kappa shape index (κ2) is 7.38. The number of carbonyl (C=O) groups is 1. The highest BCUT2D eigenvalue weighted by atomic mass is 16.5. The fourth-order valence-corrected chi connectivity index (χ4v) is 3.19. The smallest absolute Gasteiger partial charge is 0.239 e.